The molecule has 0 radical (unpaired) electrons. The number of halogens is 1. The summed E-state index contributed by atoms with van der Waals surface area (Å²) in [7, 11) is 0. The number of carbonyl (C=O) groups excluding carboxylic acids is 2. The van der Waals surface area contributed by atoms with Gasteiger partial charge in [0, 0.05) is 21.6 Å². The van der Waals surface area contributed by atoms with Gasteiger partial charge in [0.25, 0.3) is 5.91 Å². The summed E-state index contributed by atoms with van der Waals surface area (Å²) in [4.78, 5) is 27.8. The topological polar surface area (TPSA) is 113 Å². The van der Waals surface area contributed by atoms with Gasteiger partial charge < -0.3 is 15.0 Å². The Bertz CT molecular complexity index is 1290. The van der Waals surface area contributed by atoms with Crippen LogP contribution in [0.25, 0.3) is 16.6 Å². The predicted octanol–water partition coefficient (Wildman–Crippen LogP) is 3.78. The number of amides is 1. The molecule has 2 heterocycles. The number of para-hydroxylation sites is 1. The molecule has 0 bridgehead atoms. The van der Waals surface area contributed by atoms with E-state index in [-0.39, 0.29) is 11.4 Å². The molecule has 0 aliphatic heterocycles. The highest BCUT2D eigenvalue weighted by atomic mass is 79.9. The summed E-state index contributed by atoms with van der Waals surface area (Å²) in [6.07, 6.45) is 2.90. The minimum atomic E-state index is -0.633. The van der Waals surface area contributed by atoms with Crippen LogP contribution in [0.15, 0.2) is 65.4 Å². The number of H-pyrrole nitrogens is 1. The first kappa shape index (κ1) is 19.4. The quantitative estimate of drug-likeness (QED) is 0.437. The summed E-state index contributed by atoms with van der Waals surface area (Å²) >= 11 is 3.37. The van der Waals surface area contributed by atoms with Crippen molar-refractivity contribution in [3.8, 4) is 11.8 Å². The van der Waals surface area contributed by atoms with E-state index in [2.05, 4.69) is 31.3 Å². The second-order valence-electron chi connectivity index (χ2n) is 6.28. The van der Waals surface area contributed by atoms with E-state index in [1.165, 1.54) is 17.1 Å². The van der Waals surface area contributed by atoms with Crippen molar-refractivity contribution < 1.29 is 14.3 Å². The highest BCUT2D eigenvalue weighted by molar-refractivity contribution is 9.10. The summed E-state index contributed by atoms with van der Waals surface area (Å²) in [6.45, 7) is -0.510. The zero-order valence-corrected chi connectivity index (χ0v) is 17.0. The van der Waals surface area contributed by atoms with E-state index in [4.69, 9.17) is 4.74 Å². The highest BCUT2D eigenvalue weighted by Crippen LogP contribution is 2.23. The molecule has 8 nitrogen and oxygen atoms in total. The number of fused-ring (bicyclic) bond motifs is 1. The van der Waals surface area contributed by atoms with Crippen LogP contribution in [-0.2, 0) is 9.53 Å². The summed E-state index contributed by atoms with van der Waals surface area (Å²) in [5.74, 6) is -1.01. The largest absolute Gasteiger partial charge is 0.452 e. The lowest BCUT2D eigenvalue weighted by Gasteiger charge is -2.10. The number of aromatic nitrogens is 3. The van der Waals surface area contributed by atoms with Gasteiger partial charge in [0.15, 0.2) is 12.4 Å². The van der Waals surface area contributed by atoms with Crippen LogP contribution in [0.3, 0.4) is 0 Å². The lowest BCUT2D eigenvalue weighted by molar-refractivity contribution is -0.119. The smallest absolute Gasteiger partial charge is 0.340 e. The molecule has 2 N–H and O–H groups in total. The molecular weight excluding hydrogens is 450 g/mol. The Kier molecular flexibility index (Phi) is 5.32. The lowest BCUT2D eigenvalue weighted by atomic mass is 10.2. The minimum Gasteiger partial charge on any atom is -0.452 e. The van der Waals surface area contributed by atoms with Gasteiger partial charge in [-0.1, -0.05) is 34.1 Å². The number of hydrogen-bond acceptors (Lipinski definition) is 5. The standard InChI is InChI=1S/C21H14BrN5O3/c22-14-6-7-18-16(8-14)17(11-24-18)21(29)30-12-19(28)26-20-13(9-23)10-25-27(20)15-4-2-1-3-5-15/h1-8,10-11,24H,12H2,(H,26,28). The Labute approximate surface area is 179 Å². The van der Waals surface area contributed by atoms with Gasteiger partial charge >= 0.3 is 5.97 Å². The van der Waals surface area contributed by atoms with E-state index in [1.54, 1.807) is 18.2 Å². The van der Waals surface area contributed by atoms with Gasteiger partial charge in [-0.05, 0) is 30.3 Å². The normalized spacial score (nSPS) is 10.5. The van der Waals surface area contributed by atoms with Crippen molar-refractivity contribution in [3.63, 3.8) is 0 Å². The number of anilines is 1. The van der Waals surface area contributed by atoms with Crippen molar-refractivity contribution in [1.29, 1.82) is 5.26 Å². The van der Waals surface area contributed by atoms with Crippen LogP contribution in [0.1, 0.15) is 15.9 Å². The molecule has 2 aromatic heterocycles. The van der Waals surface area contributed by atoms with Crippen molar-refractivity contribution in [2.45, 2.75) is 0 Å². The Morgan fingerprint density at radius 1 is 1.23 bits per heavy atom. The second-order valence-corrected chi connectivity index (χ2v) is 7.20. The van der Waals surface area contributed by atoms with Crippen LogP contribution in [0.2, 0.25) is 0 Å². The Hall–Kier alpha value is -3.90. The zero-order chi connectivity index (χ0) is 21.1. The molecule has 4 rings (SSSR count). The van der Waals surface area contributed by atoms with Crippen molar-refractivity contribution in [2.24, 2.45) is 0 Å². The molecule has 0 spiro atoms. The predicted molar refractivity (Wildman–Crippen MR) is 113 cm³/mol. The molecule has 0 saturated carbocycles. The number of hydrogen-bond donors (Lipinski definition) is 2. The first-order valence-electron chi connectivity index (χ1n) is 8.84. The van der Waals surface area contributed by atoms with E-state index in [9.17, 15) is 14.9 Å². The molecule has 0 aliphatic rings. The third-order valence-corrected chi connectivity index (χ3v) is 4.84. The molecule has 9 heteroatoms. The van der Waals surface area contributed by atoms with Crippen molar-refractivity contribution in [2.75, 3.05) is 11.9 Å². The summed E-state index contributed by atoms with van der Waals surface area (Å²) in [6, 6.07) is 16.5. The number of ether oxygens (including phenoxy) is 1. The van der Waals surface area contributed by atoms with Gasteiger partial charge in [-0.15, -0.1) is 0 Å². The first-order chi connectivity index (χ1) is 14.6. The third kappa shape index (κ3) is 3.81. The fraction of sp³-hybridized carbons (Fsp3) is 0.0476. The van der Waals surface area contributed by atoms with Gasteiger partial charge in [-0.3, -0.25) is 4.79 Å². The third-order valence-electron chi connectivity index (χ3n) is 4.35. The highest BCUT2D eigenvalue weighted by Gasteiger charge is 2.18. The summed E-state index contributed by atoms with van der Waals surface area (Å²) in [5.41, 5.74) is 1.97. The number of esters is 1. The van der Waals surface area contributed by atoms with Crippen LogP contribution in [0.5, 0.6) is 0 Å². The van der Waals surface area contributed by atoms with Crippen LogP contribution in [0, 0.1) is 11.3 Å². The van der Waals surface area contributed by atoms with Gasteiger partial charge in [0.05, 0.1) is 17.4 Å². The van der Waals surface area contributed by atoms with Crippen LogP contribution in [-0.4, -0.2) is 33.2 Å². The van der Waals surface area contributed by atoms with Crippen molar-refractivity contribution >= 4 is 44.5 Å². The Morgan fingerprint density at radius 2 is 2.03 bits per heavy atom. The average Bonchev–Trinajstić information content (AvgIpc) is 3.36. The van der Waals surface area contributed by atoms with Gasteiger partial charge in [0.1, 0.15) is 11.6 Å². The van der Waals surface area contributed by atoms with Crippen LogP contribution >= 0.6 is 15.9 Å². The van der Waals surface area contributed by atoms with Crippen molar-refractivity contribution in [3.05, 3.63) is 76.5 Å². The molecule has 30 heavy (non-hydrogen) atoms. The van der Waals surface area contributed by atoms with E-state index < -0.39 is 18.5 Å². The molecule has 0 atom stereocenters. The van der Waals surface area contributed by atoms with E-state index in [0.717, 1.165) is 9.99 Å². The number of nitriles is 1. The molecule has 1 amide bonds. The van der Waals surface area contributed by atoms with E-state index in [0.29, 0.717) is 16.6 Å². The fourth-order valence-electron chi connectivity index (χ4n) is 2.95. The number of benzene rings is 2. The lowest BCUT2D eigenvalue weighted by Crippen LogP contribution is -2.22. The van der Waals surface area contributed by atoms with E-state index in [1.807, 2.05) is 36.4 Å². The van der Waals surface area contributed by atoms with Gasteiger partial charge in [-0.2, -0.15) is 10.4 Å². The molecule has 0 aliphatic carbocycles. The van der Waals surface area contributed by atoms with Gasteiger partial charge in [-0.25, -0.2) is 9.48 Å². The fourth-order valence-corrected chi connectivity index (χ4v) is 3.32. The van der Waals surface area contributed by atoms with Gasteiger partial charge in [0.2, 0.25) is 0 Å². The molecule has 0 fully saturated rings. The number of nitrogens with one attached hydrogen (secondary N) is 2. The minimum absolute atomic E-state index is 0.194. The Morgan fingerprint density at radius 3 is 2.80 bits per heavy atom. The monoisotopic (exact) mass is 463 g/mol. The first-order valence-corrected chi connectivity index (χ1v) is 9.63. The van der Waals surface area contributed by atoms with E-state index >= 15 is 0 Å². The maximum atomic E-state index is 12.4. The number of aromatic amines is 1. The molecule has 2 aromatic carbocycles. The molecule has 4 aromatic rings. The number of carbonyl (C=O) groups is 2. The molecule has 0 unspecified atom stereocenters. The SMILES string of the molecule is N#Cc1cnn(-c2ccccc2)c1NC(=O)COC(=O)c1c[nH]c2ccc(Br)cc12. The molecule has 0 saturated heterocycles. The number of rotatable bonds is 5. The van der Waals surface area contributed by atoms with Crippen LogP contribution < -0.4 is 5.32 Å². The van der Waals surface area contributed by atoms with Crippen molar-refractivity contribution in [1.82, 2.24) is 14.8 Å². The summed E-state index contributed by atoms with van der Waals surface area (Å²) < 4.78 is 7.42. The average molecular weight is 464 g/mol. The Balaban J connectivity index is 1.48. The maximum Gasteiger partial charge on any atom is 0.340 e. The number of nitrogens with zero attached hydrogens (tertiary/aromatic N) is 3. The molecular formula is C21H14BrN5O3. The zero-order valence-electron chi connectivity index (χ0n) is 15.4. The second kappa shape index (κ2) is 8.23. The van der Waals surface area contributed by atoms with Crippen LogP contribution in [0.4, 0.5) is 5.82 Å². The molecule has 148 valence electrons. The maximum absolute atomic E-state index is 12.4. The summed E-state index contributed by atoms with van der Waals surface area (Å²) in [5, 5.41) is 16.7.